The number of H-pyrrole nitrogens is 1. The fourth-order valence-electron chi connectivity index (χ4n) is 4.46. The molecule has 0 aliphatic heterocycles. The first-order valence-electron chi connectivity index (χ1n) is 13.3. The topological polar surface area (TPSA) is 56.4 Å². The van der Waals surface area contributed by atoms with Gasteiger partial charge in [0.05, 0.1) is 6.54 Å². The molecule has 0 unspecified atom stereocenters. The van der Waals surface area contributed by atoms with Crippen LogP contribution in [-0.2, 0) is 28.0 Å². The number of aromatic amines is 1. The van der Waals surface area contributed by atoms with E-state index in [1.807, 2.05) is 37.1 Å². The Bertz CT molecular complexity index is 1140. The van der Waals surface area contributed by atoms with E-state index in [-0.39, 0.29) is 29.7 Å². The maximum absolute atomic E-state index is 13.6. The maximum atomic E-state index is 13.6. The molecule has 2 amide bonds. The van der Waals surface area contributed by atoms with Crippen LogP contribution in [0.4, 0.5) is 0 Å². The summed E-state index contributed by atoms with van der Waals surface area (Å²) in [4.78, 5) is 33.5. The van der Waals surface area contributed by atoms with Gasteiger partial charge < -0.3 is 14.8 Å². The number of rotatable bonds is 11. The largest absolute Gasteiger partial charge is 0.361 e. The molecule has 1 heterocycles. The number of hydrogen-bond acceptors (Lipinski definition) is 2. The lowest BCUT2D eigenvalue weighted by molar-refractivity contribution is -0.142. The molecule has 0 fully saturated rings. The van der Waals surface area contributed by atoms with Crippen LogP contribution in [0.3, 0.4) is 0 Å². The van der Waals surface area contributed by atoms with Crippen molar-refractivity contribution < 1.29 is 9.59 Å². The first-order chi connectivity index (χ1) is 17.1. The highest BCUT2D eigenvalue weighted by atomic mass is 16.2. The van der Waals surface area contributed by atoms with Crippen LogP contribution in [-0.4, -0.2) is 46.2 Å². The van der Waals surface area contributed by atoms with Gasteiger partial charge in [0.2, 0.25) is 11.8 Å². The van der Waals surface area contributed by atoms with Crippen molar-refractivity contribution in [2.75, 3.05) is 19.6 Å². The number of nitrogens with zero attached hydrogens (tertiary/aromatic N) is 2. The van der Waals surface area contributed by atoms with Gasteiger partial charge in [-0.2, -0.15) is 0 Å². The van der Waals surface area contributed by atoms with Crippen LogP contribution in [0.1, 0.15) is 71.1 Å². The van der Waals surface area contributed by atoms with Crippen LogP contribution in [0.15, 0.2) is 54.7 Å². The number of amides is 2. The van der Waals surface area contributed by atoms with E-state index in [4.69, 9.17) is 0 Å². The molecule has 0 aliphatic carbocycles. The number of fused-ring (bicyclic) bond motifs is 1. The zero-order chi connectivity index (χ0) is 26.3. The van der Waals surface area contributed by atoms with Gasteiger partial charge in [-0.1, -0.05) is 90.4 Å². The van der Waals surface area contributed by atoms with Crippen LogP contribution < -0.4 is 0 Å². The Hall–Kier alpha value is -3.08. The third-order valence-corrected chi connectivity index (χ3v) is 6.79. The molecule has 1 N–H and O–H groups in total. The van der Waals surface area contributed by atoms with Gasteiger partial charge >= 0.3 is 0 Å². The van der Waals surface area contributed by atoms with Crippen molar-refractivity contribution in [1.82, 2.24) is 14.8 Å². The predicted octanol–water partition coefficient (Wildman–Crippen LogP) is 6.32. The SMILES string of the molecule is CCCCN(CC(=O)N(CCc1c[nH]c2ccccc12)Cc1ccc(C(C)(C)C)cc1)C(=O)C(C)C. The fourth-order valence-corrected chi connectivity index (χ4v) is 4.46. The third-order valence-electron chi connectivity index (χ3n) is 6.79. The van der Waals surface area contributed by atoms with E-state index in [9.17, 15) is 9.59 Å². The molecule has 36 heavy (non-hydrogen) atoms. The van der Waals surface area contributed by atoms with Crippen LogP contribution >= 0.6 is 0 Å². The molecule has 0 atom stereocenters. The molecule has 1 aromatic heterocycles. The zero-order valence-electron chi connectivity index (χ0n) is 22.9. The highest BCUT2D eigenvalue weighted by molar-refractivity contribution is 5.86. The molecule has 0 saturated heterocycles. The third kappa shape index (κ3) is 7.22. The van der Waals surface area contributed by atoms with E-state index < -0.39 is 0 Å². The molecule has 3 aromatic rings. The Balaban J connectivity index is 1.81. The average molecular weight is 490 g/mol. The predicted molar refractivity (Wildman–Crippen MR) is 149 cm³/mol. The molecule has 5 nitrogen and oxygen atoms in total. The molecule has 5 heteroatoms. The van der Waals surface area contributed by atoms with Gasteiger partial charge in [-0.05, 0) is 41.0 Å². The molecular formula is C31H43N3O2. The molecule has 3 rings (SSSR count). The minimum absolute atomic E-state index is 0.000146. The lowest BCUT2D eigenvalue weighted by Crippen LogP contribution is -2.45. The van der Waals surface area contributed by atoms with Gasteiger partial charge in [-0.15, -0.1) is 0 Å². The van der Waals surface area contributed by atoms with Crippen molar-refractivity contribution in [3.8, 4) is 0 Å². The van der Waals surface area contributed by atoms with E-state index in [1.165, 1.54) is 16.5 Å². The maximum Gasteiger partial charge on any atom is 0.242 e. The van der Waals surface area contributed by atoms with Crippen molar-refractivity contribution in [2.24, 2.45) is 5.92 Å². The standard InChI is InChI=1S/C31H43N3O2/c1-7-8-18-34(30(36)23(2)3)22-29(35)33(21-24-13-15-26(16-14-24)31(4,5)6)19-17-25-20-32-28-12-10-9-11-27(25)28/h9-16,20,23,32H,7-8,17-19,21-22H2,1-6H3. The van der Waals surface area contributed by atoms with E-state index in [0.29, 0.717) is 19.6 Å². The number of nitrogens with one attached hydrogen (secondary N) is 1. The fraction of sp³-hybridized carbons (Fsp3) is 0.484. The van der Waals surface area contributed by atoms with Gasteiger partial charge in [-0.3, -0.25) is 9.59 Å². The Morgan fingerprint density at radius 1 is 0.944 bits per heavy atom. The Labute approximate surface area is 216 Å². The van der Waals surface area contributed by atoms with Crippen molar-refractivity contribution >= 4 is 22.7 Å². The molecule has 194 valence electrons. The summed E-state index contributed by atoms with van der Waals surface area (Å²) in [5.74, 6) is -0.0815. The number of hydrogen-bond donors (Lipinski definition) is 1. The van der Waals surface area contributed by atoms with Gasteiger partial charge in [0, 0.05) is 42.7 Å². The second kappa shape index (κ2) is 12.2. The van der Waals surface area contributed by atoms with E-state index >= 15 is 0 Å². The van der Waals surface area contributed by atoms with Crippen LogP contribution in [0.5, 0.6) is 0 Å². The number of aromatic nitrogens is 1. The minimum Gasteiger partial charge on any atom is -0.361 e. The van der Waals surface area contributed by atoms with Gasteiger partial charge in [0.15, 0.2) is 0 Å². The van der Waals surface area contributed by atoms with E-state index in [0.717, 1.165) is 30.3 Å². The second-order valence-corrected chi connectivity index (χ2v) is 11.1. The molecule has 0 aliphatic rings. The van der Waals surface area contributed by atoms with Crippen LogP contribution in [0.2, 0.25) is 0 Å². The first-order valence-corrected chi connectivity index (χ1v) is 13.3. The minimum atomic E-state index is -0.126. The van der Waals surface area contributed by atoms with Gasteiger partial charge in [0.1, 0.15) is 0 Å². The number of carbonyl (C=O) groups is 2. The van der Waals surface area contributed by atoms with Crippen molar-refractivity contribution in [1.29, 1.82) is 0 Å². The second-order valence-electron chi connectivity index (χ2n) is 11.1. The van der Waals surface area contributed by atoms with Crippen molar-refractivity contribution in [2.45, 2.75) is 72.8 Å². The number of para-hydroxylation sites is 1. The molecule has 0 bridgehead atoms. The summed E-state index contributed by atoms with van der Waals surface area (Å²) in [5.41, 5.74) is 4.77. The quantitative estimate of drug-likeness (QED) is 0.343. The number of benzene rings is 2. The molecule has 0 saturated carbocycles. The van der Waals surface area contributed by atoms with Gasteiger partial charge in [0.25, 0.3) is 0 Å². The van der Waals surface area contributed by atoms with Crippen LogP contribution in [0.25, 0.3) is 10.9 Å². The van der Waals surface area contributed by atoms with Crippen LogP contribution in [0, 0.1) is 5.92 Å². The Morgan fingerprint density at radius 3 is 2.28 bits per heavy atom. The van der Waals surface area contributed by atoms with Gasteiger partial charge in [-0.25, -0.2) is 0 Å². The highest BCUT2D eigenvalue weighted by Gasteiger charge is 2.23. The average Bonchev–Trinajstić information content (AvgIpc) is 3.26. The van der Waals surface area contributed by atoms with E-state index in [2.05, 4.69) is 69.1 Å². The summed E-state index contributed by atoms with van der Waals surface area (Å²) in [6.07, 6.45) is 4.68. The number of unbranched alkanes of at least 4 members (excludes halogenated alkanes) is 1. The molecule has 0 spiro atoms. The summed E-state index contributed by atoms with van der Waals surface area (Å²) in [5, 5.41) is 1.19. The normalized spacial score (nSPS) is 11.8. The summed E-state index contributed by atoms with van der Waals surface area (Å²) in [7, 11) is 0. The Kier molecular flexibility index (Phi) is 9.36. The first kappa shape index (κ1) is 27.5. The lowest BCUT2D eigenvalue weighted by Gasteiger charge is -2.29. The highest BCUT2D eigenvalue weighted by Crippen LogP contribution is 2.23. The monoisotopic (exact) mass is 489 g/mol. The summed E-state index contributed by atoms with van der Waals surface area (Å²) >= 11 is 0. The van der Waals surface area contributed by atoms with E-state index in [1.54, 1.807) is 4.90 Å². The summed E-state index contributed by atoms with van der Waals surface area (Å²) < 4.78 is 0. The summed E-state index contributed by atoms with van der Waals surface area (Å²) in [6.45, 7) is 14.4. The lowest BCUT2D eigenvalue weighted by atomic mass is 9.87. The van der Waals surface area contributed by atoms with Crippen molar-refractivity contribution in [3.63, 3.8) is 0 Å². The summed E-state index contributed by atoms with van der Waals surface area (Å²) in [6, 6.07) is 16.8. The zero-order valence-corrected chi connectivity index (χ0v) is 22.9. The smallest absolute Gasteiger partial charge is 0.242 e. The molecular weight excluding hydrogens is 446 g/mol. The Morgan fingerprint density at radius 2 is 1.64 bits per heavy atom. The molecule has 2 aromatic carbocycles. The number of carbonyl (C=O) groups excluding carboxylic acids is 2. The molecule has 0 radical (unpaired) electrons. The van der Waals surface area contributed by atoms with Crippen molar-refractivity contribution in [3.05, 3.63) is 71.4 Å².